The summed E-state index contributed by atoms with van der Waals surface area (Å²) in [4.78, 5) is 14.3. The molecular weight excluding hydrogens is 338 g/mol. The van der Waals surface area contributed by atoms with Crippen molar-refractivity contribution in [3.63, 3.8) is 0 Å². The number of nitrogens with one attached hydrogen (secondary N) is 1. The summed E-state index contributed by atoms with van der Waals surface area (Å²) in [5.41, 5.74) is 1.81. The second kappa shape index (κ2) is 6.68. The summed E-state index contributed by atoms with van der Waals surface area (Å²) in [5, 5.41) is 3.02. The summed E-state index contributed by atoms with van der Waals surface area (Å²) < 4.78 is 27.9. The van der Waals surface area contributed by atoms with Crippen molar-refractivity contribution >= 4 is 27.5 Å². The average Bonchev–Trinajstić information content (AvgIpc) is 2.87. The van der Waals surface area contributed by atoms with Crippen LogP contribution in [0.25, 0.3) is 0 Å². The maximum atomic E-state index is 12.3. The van der Waals surface area contributed by atoms with Crippen LogP contribution < -0.4 is 5.32 Å². The van der Waals surface area contributed by atoms with Crippen molar-refractivity contribution in [3.05, 3.63) is 59.7 Å². The van der Waals surface area contributed by atoms with Crippen LogP contribution in [0.3, 0.4) is 0 Å². The fourth-order valence-corrected chi connectivity index (χ4v) is 3.90. The minimum absolute atomic E-state index is 0.0253. The van der Waals surface area contributed by atoms with E-state index in [0.717, 1.165) is 0 Å². The lowest BCUT2D eigenvalue weighted by Crippen LogP contribution is -2.30. The van der Waals surface area contributed by atoms with Crippen LogP contribution in [0.4, 0.5) is 5.69 Å². The molecular formula is C18H19N3O3S. The summed E-state index contributed by atoms with van der Waals surface area (Å²) in [6.45, 7) is 5.18. The molecule has 0 bridgehead atoms. The number of anilines is 1. The van der Waals surface area contributed by atoms with E-state index in [1.54, 1.807) is 47.4 Å². The monoisotopic (exact) mass is 357 g/mol. The molecule has 1 amide bonds. The van der Waals surface area contributed by atoms with Crippen LogP contribution in [0.5, 0.6) is 0 Å². The van der Waals surface area contributed by atoms with E-state index in [1.165, 1.54) is 6.07 Å². The van der Waals surface area contributed by atoms with Gasteiger partial charge in [-0.05, 0) is 50.2 Å². The number of rotatable bonds is 4. The van der Waals surface area contributed by atoms with Crippen LogP contribution in [-0.4, -0.2) is 38.2 Å². The van der Waals surface area contributed by atoms with Crippen molar-refractivity contribution in [2.75, 3.05) is 18.4 Å². The number of hydrogen-bond acceptors (Lipinski definition) is 4. The molecule has 25 heavy (non-hydrogen) atoms. The van der Waals surface area contributed by atoms with E-state index in [9.17, 15) is 13.2 Å². The van der Waals surface area contributed by atoms with Gasteiger partial charge in [-0.25, -0.2) is 0 Å². The Bertz CT molecular complexity index is 930. The number of fused-ring (bicyclic) bond motifs is 1. The summed E-state index contributed by atoms with van der Waals surface area (Å²) in [5.74, 6) is 0.265. The first-order valence-electron chi connectivity index (χ1n) is 8.07. The summed E-state index contributed by atoms with van der Waals surface area (Å²) >= 11 is 0. The van der Waals surface area contributed by atoms with Crippen molar-refractivity contribution in [2.45, 2.75) is 18.7 Å². The Balaban J connectivity index is 1.83. The van der Waals surface area contributed by atoms with Crippen molar-refractivity contribution in [2.24, 2.45) is 4.40 Å². The number of carbonyl (C=O) groups excluding carboxylic acids is 1. The maximum absolute atomic E-state index is 12.3. The van der Waals surface area contributed by atoms with Crippen LogP contribution in [0.1, 0.15) is 29.8 Å². The van der Waals surface area contributed by atoms with E-state index >= 15 is 0 Å². The molecule has 1 heterocycles. The molecule has 0 radical (unpaired) electrons. The highest BCUT2D eigenvalue weighted by Gasteiger charge is 2.28. The second-order valence-corrected chi connectivity index (χ2v) is 7.16. The fraction of sp³-hybridized carbons (Fsp3) is 0.222. The molecule has 0 unspecified atom stereocenters. The van der Waals surface area contributed by atoms with Gasteiger partial charge < -0.3 is 10.2 Å². The smallest absolute Gasteiger partial charge is 0.285 e. The van der Waals surface area contributed by atoms with Gasteiger partial charge in [0, 0.05) is 29.9 Å². The summed E-state index contributed by atoms with van der Waals surface area (Å²) in [7, 11) is -3.65. The number of benzene rings is 2. The Morgan fingerprint density at radius 3 is 2.32 bits per heavy atom. The highest BCUT2D eigenvalue weighted by Crippen LogP contribution is 2.26. The van der Waals surface area contributed by atoms with Crippen molar-refractivity contribution < 1.29 is 13.2 Å². The molecule has 7 heteroatoms. The van der Waals surface area contributed by atoms with Gasteiger partial charge in [0.05, 0.1) is 0 Å². The third-order valence-electron chi connectivity index (χ3n) is 4.08. The molecule has 2 aromatic rings. The van der Waals surface area contributed by atoms with Crippen molar-refractivity contribution in [3.8, 4) is 0 Å². The number of sulfonamides is 1. The zero-order valence-electron chi connectivity index (χ0n) is 14.1. The van der Waals surface area contributed by atoms with Crippen LogP contribution in [0, 0.1) is 0 Å². The van der Waals surface area contributed by atoms with Gasteiger partial charge in [0.1, 0.15) is 4.90 Å². The molecule has 6 nitrogen and oxygen atoms in total. The highest BCUT2D eigenvalue weighted by atomic mass is 32.2. The van der Waals surface area contributed by atoms with E-state index in [0.29, 0.717) is 35.7 Å². The third kappa shape index (κ3) is 3.28. The van der Waals surface area contributed by atoms with Crippen molar-refractivity contribution in [1.82, 2.24) is 4.90 Å². The molecule has 0 fully saturated rings. The largest absolute Gasteiger partial charge is 0.339 e. The van der Waals surface area contributed by atoms with Crippen LogP contribution in [0.15, 0.2) is 57.8 Å². The zero-order valence-corrected chi connectivity index (χ0v) is 14.9. The van der Waals surface area contributed by atoms with E-state index in [1.807, 2.05) is 13.8 Å². The topological polar surface area (TPSA) is 78.8 Å². The first-order valence-corrected chi connectivity index (χ1v) is 9.51. The molecule has 0 spiro atoms. The van der Waals surface area contributed by atoms with Gasteiger partial charge in [-0.1, -0.05) is 12.1 Å². The van der Waals surface area contributed by atoms with Crippen LogP contribution in [-0.2, 0) is 10.0 Å². The van der Waals surface area contributed by atoms with E-state index in [-0.39, 0.29) is 10.8 Å². The van der Waals surface area contributed by atoms with Gasteiger partial charge in [-0.15, -0.1) is 4.40 Å². The molecule has 2 aromatic carbocycles. The highest BCUT2D eigenvalue weighted by molar-refractivity contribution is 7.90. The molecule has 130 valence electrons. The Morgan fingerprint density at radius 1 is 1.04 bits per heavy atom. The van der Waals surface area contributed by atoms with Gasteiger partial charge in [0.25, 0.3) is 15.9 Å². The lowest BCUT2D eigenvalue weighted by Gasteiger charge is -2.18. The Hall–Kier alpha value is -2.67. The predicted octanol–water partition coefficient (Wildman–Crippen LogP) is 2.73. The van der Waals surface area contributed by atoms with Gasteiger partial charge in [0.2, 0.25) is 0 Å². The quantitative estimate of drug-likeness (QED) is 0.912. The first-order chi connectivity index (χ1) is 12.0. The Morgan fingerprint density at radius 2 is 1.68 bits per heavy atom. The SMILES string of the molecule is CCN(CC)C(=O)c1ccc(NC2=NS(=O)(=O)c3ccccc32)cc1. The number of hydrogen-bond donors (Lipinski definition) is 1. The molecule has 3 rings (SSSR count). The Labute approximate surface area is 147 Å². The minimum Gasteiger partial charge on any atom is -0.339 e. The van der Waals surface area contributed by atoms with E-state index < -0.39 is 10.0 Å². The molecule has 0 aliphatic carbocycles. The zero-order chi connectivity index (χ0) is 18.0. The third-order valence-corrected chi connectivity index (χ3v) is 5.41. The normalized spacial score (nSPS) is 14.6. The van der Waals surface area contributed by atoms with Gasteiger partial charge >= 0.3 is 0 Å². The fourth-order valence-electron chi connectivity index (χ4n) is 2.72. The molecule has 0 aromatic heterocycles. The predicted molar refractivity (Wildman–Crippen MR) is 97.5 cm³/mol. The standard InChI is InChI=1S/C18H19N3O3S/c1-3-21(4-2)18(22)13-9-11-14(12-10-13)19-17-15-7-5-6-8-16(15)25(23,24)20-17/h5-12H,3-4H2,1-2H3,(H,19,20). The first kappa shape index (κ1) is 17.2. The lowest BCUT2D eigenvalue weighted by atomic mass is 10.1. The molecule has 0 saturated carbocycles. The molecule has 0 atom stereocenters. The van der Waals surface area contributed by atoms with Gasteiger partial charge in [0.15, 0.2) is 5.84 Å². The number of amidine groups is 1. The van der Waals surface area contributed by atoms with Gasteiger partial charge in [-0.3, -0.25) is 4.79 Å². The lowest BCUT2D eigenvalue weighted by molar-refractivity contribution is 0.0773. The molecule has 0 saturated heterocycles. The number of carbonyl (C=O) groups is 1. The van der Waals surface area contributed by atoms with Crippen molar-refractivity contribution in [1.29, 1.82) is 0 Å². The maximum Gasteiger partial charge on any atom is 0.285 e. The minimum atomic E-state index is -3.65. The average molecular weight is 357 g/mol. The number of nitrogens with zero attached hydrogens (tertiary/aromatic N) is 2. The van der Waals surface area contributed by atoms with E-state index in [4.69, 9.17) is 0 Å². The second-order valence-electron chi connectivity index (χ2n) is 5.59. The summed E-state index contributed by atoms with van der Waals surface area (Å²) in [6.07, 6.45) is 0. The Kier molecular flexibility index (Phi) is 4.59. The van der Waals surface area contributed by atoms with E-state index in [2.05, 4.69) is 9.71 Å². The van der Waals surface area contributed by atoms with Gasteiger partial charge in [-0.2, -0.15) is 8.42 Å². The molecule has 1 aliphatic heterocycles. The summed E-state index contributed by atoms with van der Waals surface area (Å²) in [6, 6.07) is 13.6. The van der Waals surface area contributed by atoms with Crippen LogP contribution in [0.2, 0.25) is 0 Å². The van der Waals surface area contributed by atoms with Crippen LogP contribution >= 0.6 is 0 Å². The number of amides is 1. The molecule has 1 N–H and O–H groups in total. The molecule has 1 aliphatic rings.